The van der Waals surface area contributed by atoms with Crippen molar-refractivity contribution in [1.29, 1.82) is 0 Å². The molecule has 150 valence electrons. The fourth-order valence-corrected chi connectivity index (χ4v) is 2.24. The highest BCUT2D eigenvalue weighted by molar-refractivity contribution is 5.31. The molecule has 0 saturated carbocycles. The largest absolute Gasteiger partial charge is 0.491 e. The van der Waals surface area contributed by atoms with Crippen LogP contribution in [0.25, 0.3) is 0 Å². The van der Waals surface area contributed by atoms with Crippen LogP contribution in [-0.4, -0.2) is 31.2 Å². The summed E-state index contributed by atoms with van der Waals surface area (Å²) in [5.74, 6) is -11.1. The van der Waals surface area contributed by atoms with E-state index in [2.05, 4.69) is 0 Å². The summed E-state index contributed by atoms with van der Waals surface area (Å²) in [7, 11) is 0.964. The van der Waals surface area contributed by atoms with Gasteiger partial charge in [-0.2, -0.15) is 30.7 Å². The van der Waals surface area contributed by atoms with Crippen molar-refractivity contribution in [2.45, 2.75) is 63.3 Å². The Balaban J connectivity index is 3.11. The average molecular weight is 390 g/mol. The average Bonchev–Trinajstić information content (AvgIpc) is 2.53. The van der Waals surface area contributed by atoms with Gasteiger partial charge in [0, 0.05) is 7.11 Å². The lowest BCUT2D eigenvalue weighted by molar-refractivity contribution is -0.361. The molecule has 2 nitrogen and oxygen atoms in total. The molecule has 1 rings (SSSR count). The minimum atomic E-state index is -6.38. The molecule has 2 unspecified atom stereocenters. The first-order chi connectivity index (χ1) is 11.7. The van der Waals surface area contributed by atoms with Crippen molar-refractivity contribution in [3.8, 4) is 5.75 Å². The molecule has 0 heterocycles. The van der Waals surface area contributed by atoms with E-state index >= 15 is 0 Å². The molecular formula is C17H21F7O2. The van der Waals surface area contributed by atoms with Crippen LogP contribution in [0.1, 0.15) is 39.2 Å². The van der Waals surface area contributed by atoms with Crippen molar-refractivity contribution in [2.75, 3.05) is 7.11 Å². The summed E-state index contributed by atoms with van der Waals surface area (Å²) in [6.45, 7) is 4.73. The van der Waals surface area contributed by atoms with Gasteiger partial charge in [-0.05, 0) is 38.0 Å². The summed E-state index contributed by atoms with van der Waals surface area (Å²) in [6, 6.07) is 5.42. The third-order valence-electron chi connectivity index (χ3n) is 4.20. The summed E-state index contributed by atoms with van der Waals surface area (Å²) in [5, 5.41) is 0. The molecule has 26 heavy (non-hydrogen) atoms. The number of hydrogen-bond donors (Lipinski definition) is 0. The Kier molecular flexibility index (Phi) is 6.60. The number of hydrogen-bond acceptors (Lipinski definition) is 2. The van der Waals surface area contributed by atoms with Crippen molar-refractivity contribution in [2.24, 2.45) is 0 Å². The van der Waals surface area contributed by atoms with E-state index < -0.39 is 30.0 Å². The molecule has 0 spiro atoms. The highest BCUT2D eigenvalue weighted by Gasteiger charge is 2.73. The van der Waals surface area contributed by atoms with Crippen LogP contribution in [0.2, 0.25) is 0 Å². The molecule has 0 aromatic heterocycles. The molecule has 0 aliphatic heterocycles. The predicted molar refractivity (Wildman–Crippen MR) is 81.8 cm³/mol. The van der Waals surface area contributed by atoms with Gasteiger partial charge in [0.05, 0.1) is 18.1 Å². The Bertz CT molecular complexity index is 584. The second kappa shape index (κ2) is 7.62. The van der Waals surface area contributed by atoms with Gasteiger partial charge in [0.15, 0.2) is 0 Å². The first-order valence-corrected chi connectivity index (χ1v) is 7.85. The lowest BCUT2D eigenvalue weighted by Gasteiger charge is -2.36. The summed E-state index contributed by atoms with van der Waals surface area (Å²) in [4.78, 5) is 0. The molecule has 0 aliphatic rings. The van der Waals surface area contributed by atoms with Crippen molar-refractivity contribution >= 4 is 0 Å². The highest BCUT2D eigenvalue weighted by Crippen LogP contribution is 2.51. The summed E-state index contributed by atoms with van der Waals surface area (Å²) < 4.78 is 101. The third-order valence-corrected chi connectivity index (χ3v) is 4.20. The SMILES string of the molecule is CCC(C)Oc1ccc(C(C)(CC(F)(F)C(F)(F)C(F)(F)F)OC)cc1. The van der Waals surface area contributed by atoms with Crippen molar-refractivity contribution < 1.29 is 40.2 Å². The topological polar surface area (TPSA) is 18.5 Å². The second-order valence-electron chi connectivity index (χ2n) is 6.25. The summed E-state index contributed by atoms with van der Waals surface area (Å²) in [5.41, 5.74) is -2.04. The van der Waals surface area contributed by atoms with E-state index in [0.29, 0.717) is 5.75 Å². The number of alkyl halides is 7. The van der Waals surface area contributed by atoms with Gasteiger partial charge in [0.1, 0.15) is 5.75 Å². The molecule has 0 N–H and O–H groups in total. The molecule has 0 aliphatic carbocycles. The predicted octanol–water partition coefficient (Wildman–Crippen LogP) is 5.95. The molecule has 0 amide bonds. The van der Waals surface area contributed by atoms with E-state index in [0.717, 1.165) is 20.5 Å². The molecule has 1 aromatic rings. The van der Waals surface area contributed by atoms with E-state index in [1.165, 1.54) is 24.3 Å². The van der Waals surface area contributed by atoms with Crippen molar-refractivity contribution in [3.05, 3.63) is 29.8 Å². The minimum Gasteiger partial charge on any atom is -0.491 e. The van der Waals surface area contributed by atoms with Crippen molar-refractivity contribution in [1.82, 2.24) is 0 Å². The summed E-state index contributed by atoms with van der Waals surface area (Å²) in [6.07, 6.45) is -7.62. The van der Waals surface area contributed by atoms with E-state index in [1.807, 2.05) is 13.8 Å². The minimum absolute atomic E-state index is 0.0224. The summed E-state index contributed by atoms with van der Waals surface area (Å²) >= 11 is 0. The Morgan fingerprint density at radius 2 is 1.46 bits per heavy atom. The van der Waals surface area contributed by atoms with Crippen LogP contribution in [0.5, 0.6) is 5.75 Å². The van der Waals surface area contributed by atoms with Crippen LogP contribution in [-0.2, 0) is 10.3 Å². The monoisotopic (exact) mass is 390 g/mol. The number of halogens is 7. The molecule has 0 fully saturated rings. The highest BCUT2D eigenvalue weighted by atomic mass is 19.4. The Hall–Kier alpha value is -1.51. The normalized spacial score (nSPS) is 16.9. The lowest BCUT2D eigenvalue weighted by Crippen LogP contribution is -2.54. The van der Waals surface area contributed by atoms with Crippen LogP contribution < -0.4 is 4.74 Å². The van der Waals surface area contributed by atoms with E-state index in [9.17, 15) is 30.7 Å². The molecule has 9 heteroatoms. The molecule has 0 saturated heterocycles. The zero-order valence-corrected chi connectivity index (χ0v) is 14.8. The Morgan fingerprint density at radius 1 is 0.962 bits per heavy atom. The zero-order valence-electron chi connectivity index (χ0n) is 14.8. The smallest absolute Gasteiger partial charge is 0.459 e. The maximum absolute atomic E-state index is 13.8. The Morgan fingerprint density at radius 3 is 1.85 bits per heavy atom. The van der Waals surface area contributed by atoms with Gasteiger partial charge < -0.3 is 9.47 Å². The molecule has 0 bridgehead atoms. The number of rotatable bonds is 8. The van der Waals surface area contributed by atoms with Crippen LogP contribution in [0, 0.1) is 0 Å². The fraction of sp³-hybridized carbons (Fsp3) is 0.647. The standard InChI is InChI=1S/C17H21F7O2/c1-5-11(2)26-13-8-6-12(7-9-13)14(3,25-4)10-15(18,19)16(20,21)17(22,23)24/h6-9,11H,5,10H2,1-4H3. The van der Waals surface area contributed by atoms with Crippen LogP contribution >= 0.6 is 0 Å². The maximum atomic E-state index is 13.8. The Labute approximate surface area is 147 Å². The van der Waals surface area contributed by atoms with E-state index in [1.54, 1.807) is 0 Å². The van der Waals surface area contributed by atoms with Crippen LogP contribution in [0.4, 0.5) is 30.7 Å². The van der Waals surface area contributed by atoms with Crippen LogP contribution in [0.3, 0.4) is 0 Å². The molecule has 0 radical (unpaired) electrons. The third kappa shape index (κ3) is 4.61. The second-order valence-corrected chi connectivity index (χ2v) is 6.25. The van der Waals surface area contributed by atoms with Gasteiger partial charge in [0.25, 0.3) is 0 Å². The van der Waals surface area contributed by atoms with Gasteiger partial charge in [0.2, 0.25) is 0 Å². The van der Waals surface area contributed by atoms with Crippen LogP contribution in [0.15, 0.2) is 24.3 Å². The molecule has 1 aromatic carbocycles. The van der Waals surface area contributed by atoms with Crippen molar-refractivity contribution in [3.63, 3.8) is 0 Å². The number of benzene rings is 1. The van der Waals surface area contributed by atoms with Gasteiger partial charge in [-0.3, -0.25) is 0 Å². The zero-order chi connectivity index (χ0) is 20.4. The van der Waals surface area contributed by atoms with Gasteiger partial charge in [-0.15, -0.1) is 0 Å². The van der Waals surface area contributed by atoms with Gasteiger partial charge >= 0.3 is 18.0 Å². The first kappa shape index (κ1) is 22.5. The fourth-order valence-electron chi connectivity index (χ4n) is 2.24. The van der Waals surface area contributed by atoms with Gasteiger partial charge in [-0.25, -0.2) is 0 Å². The lowest BCUT2D eigenvalue weighted by atomic mass is 9.87. The van der Waals surface area contributed by atoms with E-state index in [-0.39, 0.29) is 11.7 Å². The number of ether oxygens (including phenoxy) is 2. The van der Waals surface area contributed by atoms with E-state index in [4.69, 9.17) is 9.47 Å². The van der Waals surface area contributed by atoms with Gasteiger partial charge in [-0.1, -0.05) is 19.1 Å². The maximum Gasteiger partial charge on any atom is 0.459 e. The molecule has 2 atom stereocenters. The molecular weight excluding hydrogens is 369 g/mol. The quantitative estimate of drug-likeness (QED) is 0.511. The first-order valence-electron chi connectivity index (χ1n) is 7.85. The number of methoxy groups -OCH3 is 1.